The van der Waals surface area contributed by atoms with Crippen LogP contribution in [0, 0.1) is 11.7 Å². The summed E-state index contributed by atoms with van der Waals surface area (Å²) in [6.07, 6.45) is 2.99. The maximum Gasteiger partial charge on any atom is 0.265 e. The molecule has 0 radical (unpaired) electrons. The van der Waals surface area contributed by atoms with Crippen LogP contribution in [-0.4, -0.2) is 35.7 Å². The van der Waals surface area contributed by atoms with Crippen LogP contribution in [0.1, 0.15) is 34.3 Å². The van der Waals surface area contributed by atoms with E-state index in [-0.39, 0.29) is 29.5 Å². The van der Waals surface area contributed by atoms with Gasteiger partial charge in [-0.2, -0.15) is 0 Å². The van der Waals surface area contributed by atoms with Gasteiger partial charge in [-0.1, -0.05) is 48.2 Å². The van der Waals surface area contributed by atoms with Crippen molar-refractivity contribution in [2.75, 3.05) is 18.0 Å². The molecule has 0 saturated carbocycles. The average Bonchev–Trinajstić information content (AvgIpc) is 2.92. The van der Waals surface area contributed by atoms with Gasteiger partial charge >= 0.3 is 0 Å². The van der Waals surface area contributed by atoms with Crippen molar-refractivity contribution in [3.8, 4) is 0 Å². The summed E-state index contributed by atoms with van der Waals surface area (Å²) in [5.41, 5.74) is 8.41. The quantitative estimate of drug-likeness (QED) is 0.493. The minimum Gasteiger partial charge on any atom is -0.369 e. The fourth-order valence-electron chi connectivity index (χ4n) is 4.61. The molecule has 8 heteroatoms. The fraction of sp³-hybridized carbons (Fsp3) is 0.207. The third-order valence-corrected chi connectivity index (χ3v) is 7.80. The zero-order valence-corrected chi connectivity index (χ0v) is 20.9. The lowest BCUT2D eigenvalue weighted by molar-refractivity contribution is -0.123. The summed E-state index contributed by atoms with van der Waals surface area (Å²) in [7, 11) is 0. The maximum absolute atomic E-state index is 13.5. The largest absolute Gasteiger partial charge is 0.369 e. The van der Waals surface area contributed by atoms with E-state index in [1.165, 1.54) is 23.9 Å². The number of benzene rings is 3. The number of carbonyl (C=O) groups is 3. The first-order valence-corrected chi connectivity index (χ1v) is 12.9. The van der Waals surface area contributed by atoms with E-state index in [9.17, 15) is 18.8 Å². The summed E-state index contributed by atoms with van der Waals surface area (Å²) in [6, 6.07) is 21.0. The van der Waals surface area contributed by atoms with Crippen LogP contribution in [0.2, 0.25) is 0 Å². The zero-order chi connectivity index (χ0) is 25.9. The molecule has 2 heterocycles. The van der Waals surface area contributed by atoms with Crippen LogP contribution in [0.25, 0.3) is 6.08 Å². The van der Waals surface area contributed by atoms with Crippen LogP contribution in [-0.2, 0) is 16.1 Å². The Morgan fingerprint density at radius 2 is 1.65 bits per heavy atom. The molecule has 2 N–H and O–H groups in total. The van der Waals surface area contributed by atoms with E-state index in [0.29, 0.717) is 42.9 Å². The first-order valence-electron chi connectivity index (χ1n) is 12.1. The third-order valence-electron chi connectivity index (χ3n) is 6.73. The molecule has 3 aromatic rings. The van der Waals surface area contributed by atoms with Crippen LogP contribution in [0.5, 0.6) is 0 Å². The van der Waals surface area contributed by atoms with Crippen LogP contribution in [0.4, 0.5) is 10.1 Å². The van der Waals surface area contributed by atoms with Gasteiger partial charge in [-0.15, -0.1) is 0 Å². The van der Waals surface area contributed by atoms with Crippen LogP contribution in [0.15, 0.2) is 82.6 Å². The highest BCUT2D eigenvalue weighted by Gasteiger charge is 2.29. The molecule has 37 heavy (non-hydrogen) atoms. The molecule has 6 nitrogen and oxygen atoms in total. The number of anilines is 1. The first kappa shape index (κ1) is 24.8. The number of nitrogens with two attached hydrogens (primary N) is 1. The predicted octanol–water partition coefficient (Wildman–Crippen LogP) is 4.84. The molecule has 0 spiro atoms. The second kappa shape index (κ2) is 10.6. The standard InChI is InChI=1S/C29H26FN3O3S/c30-23-11-7-20(8-12-23)18-33-24-3-1-2-4-25(24)37-26(29(33)36)17-19-5-9-22(10-6-19)28(35)32-15-13-21(14-16-32)27(31)34/h1-12,17,21H,13-16,18H2,(H2,31,34)/b26-17-. The number of thioether (sulfide) groups is 1. The van der Waals surface area contributed by atoms with Gasteiger partial charge in [0.25, 0.3) is 11.8 Å². The van der Waals surface area contributed by atoms with Crippen LogP contribution < -0.4 is 10.6 Å². The minimum absolute atomic E-state index is 0.0790. The molecular weight excluding hydrogens is 489 g/mol. The number of halogens is 1. The van der Waals surface area contributed by atoms with Crippen LogP contribution >= 0.6 is 11.8 Å². The number of rotatable bonds is 5. The Hall–Kier alpha value is -3.91. The molecule has 1 saturated heterocycles. The van der Waals surface area contributed by atoms with Crippen LogP contribution in [0.3, 0.4) is 0 Å². The van der Waals surface area contributed by atoms with Gasteiger partial charge in [0.15, 0.2) is 0 Å². The van der Waals surface area contributed by atoms with E-state index in [1.807, 2.05) is 42.5 Å². The number of hydrogen-bond acceptors (Lipinski definition) is 4. The number of hydrogen-bond donors (Lipinski definition) is 1. The van der Waals surface area contributed by atoms with Gasteiger partial charge in [-0.3, -0.25) is 14.4 Å². The highest BCUT2D eigenvalue weighted by atomic mass is 32.2. The molecule has 0 aromatic heterocycles. The number of likely N-dealkylation sites (tertiary alicyclic amines) is 1. The molecule has 5 rings (SSSR count). The number of para-hydroxylation sites is 1. The van der Waals surface area contributed by atoms with Gasteiger partial charge in [-0.05, 0) is 66.4 Å². The highest BCUT2D eigenvalue weighted by molar-refractivity contribution is 8.04. The Kier molecular flexibility index (Phi) is 7.10. The summed E-state index contributed by atoms with van der Waals surface area (Å²) in [5, 5.41) is 0. The second-order valence-electron chi connectivity index (χ2n) is 9.19. The monoisotopic (exact) mass is 515 g/mol. The molecule has 0 atom stereocenters. The van der Waals surface area contributed by atoms with Crippen molar-refractivity contribution < 1.29 is 18.8 Å². The van der Waals surface area contributed by atoms with Crippen molar-refractivity contribution in [2.45, 2.75) is 24.3 Å². The Bertz CT molecular complexity index is 1360. The van der Waals surface area contributed by atoms with Crippen molar-refractivity contribution >= 4 is 41.2 Å². The van der Waals surface area contributed by atoms with Gasteiger partial charge in [0.05, 0.1) is 17.1 Å². The lowest BCUT2D eigenvalue weighted by atomic mass is 9.96. The van der Waals surface area contributed by atoms with E-state index >= 15 is 0 Å². The van der Waals surface area contributed by atoms with E-state index < -0.39 is 0 Å². The maximum atomic E-state index is 13.5. The normalized spacial score (nSPS) is 17.1. The van der Waals surface area contributed by atoms with E-state index in [4.69, 9.17) is 5.73 Å². The number of primary amides is 1. The summed E-state index contributed by atoms with van der Waals surface area (Å²) in [4.78, 5) is 42.8. The van der Waals surface area contributed by atoms with E-state index in [2.05, 4.69) is 0 Å². The smallest absolute Gasteiger partial charge is 0.265 e. The topological polar surface area (TPSA) is 83.7 Å². The van der Waals surface area contributed by atoms with Gasteiger partial charge < -0.3 is 15.5 Å². The first-order chi connectivity index (χ1) is 17.9. The Morgan fingerprint density at radius 1 is 0.973 bits per heavy atom. The lowest BCUT2D eigenvalue weighted by Crippen LogP contribution is -2.41. The molecule has 0 aliphatic carbocycles. The number of carbonyl (C=O) groups excluding carboxylic acids is 3. The fourth-order valence-corrected chi connectivity index (χ4v) is 5.67. The lowest BCUT2D eigenvalue weighted by Gasteiger charge is -2.30. The van der Waals surface area contributed by atoms with Gasteiger partial charge in [0.1, 0.15) is 5.82 Å². The molecule has 1 fully saturated rings. The number of nitrogens with zero attached hydrogens (tertiary/aromatic N) is 2. The molecule has 3 aromatic carbocycles. The van der Waals surface area contributed by atoms with E-state index in [1.54, 1.807) is 34.1 Å². The molecule has 2 aliphatic heterocycles. The number of amides is 3. The minimum atomic E-state index is -0.317. The van der Waals surface area contributed by atoms with Crippen molar-refractivity contribution in [1.82, 2.24) is 4.90 Å². The van der Waals surface area contributed by atoms with Crippen molar-refractivity contribution in [2.24, 2.45) is 11.7 Å². The number of piperidine rings is 1. The van der Waals surface area contributed by atoms with Gasteiger partial charge in [0, 0.05) is 29.5 Å². The summed E-state index contributed by atoms with van der Waals surface area (Å²) in [5.74, 6) is -1.01. The molecule has 0 bridgehead atoms. The molecular formula is C29H26FN3O3S. The van der Waals surface area contributed by atoms with Gasteiger partial charge in [-0.25, -0.2) is 4.39 Å². The van der Waals surface area contributed by atoms with Crippen molar-refractivity contribution in [1.29, 1.82) is 0 Å². The number of fused-ring (bicyclic) bond motifs is 1. The van der Waals surface area contributed by atoms with Gasteiger partial charge in [0.2, 0.25) is 5.91 Å². The van der Waals surface area contributed by atoms with Crippen molar-refractivity contribution in [3.05, 3.63) is 100 Å². The highest BCUT2D eigenvalue weighted by Crippen LogP contribution is 2.42. The Morgan fingerprint density at radius 3 is 2.32 bits per heavy atom. The van der Waals surface area contributed by atoms with Crippen molar-refractivity contribution in [3.63, 3.8) is 0 Å². The third kappa shape index (κ3) is 5.44. The Labute approximate surface area is 218 Å². The molecule has 3 amide bonds. The summed E-state index contributed by atoms with van der Waals surface area (Å²) in [6.45, 7) is 1.34. The summed E-state index contributed by atoms with van der Waals surface area (Å²) >= 11 is 1.41. The SMILES string of the molecule is NC(=O)C1CCN(C(=O)c2ccc(/C=C3\Sc4ccccc4N(Cc4ccc(F)cc4)C3=O)cc2)CC1. The molecule has 2 aliphatic rings. The predicted molar refractivity (Wildman–Crippen MR) is 142 cm³/mol. The Balaban J connectivity index is 1.34. The van der Waals surface area contributed by atoms with E-state index in [0.717, 1.165) is 21.7 Å². The average molecular weight is 516 g/mol. The summed E-state index contributed by atoms with van der Waals surface area (Å²) < 4.78 is 13.4. The molecule has 188 valence electrons. The molecule has 0 unspecified atom stereocenters. The zero-order valence-electron chi connectivity index (χ0n) is 20.1. The second-order valence-corrected chi connectivity index (χ2v) is 10.3.